The van der Waals surface area contributed by atoms with E-state index in [9.17, 15) is 19.1 Å². The molecular formula is C25H28FNO4. The molecule has 0 aromatic heterocycles. The van der Waals surface area contributed by atoms with E-state index in [0.29, 0.717) is 23.4 Å². The van der Waals surface area contributed by atoms with Crippen LogP contribution in [0.15, 0.2) is 59.8 Å². The lowest BCUT2D eigenvalue weighted by Crippen LogP contribution is -2.48. The van der Waals surface area contributed by atoms with E-state index in [1.54, 1.807) is 19.1 Å². The molecule has 2 aromatic rings. The van der Waals surface area contributed by atoms with Crippen molar-refractivity contribution >= 4 is 17.3 Å². The van der Waals surface area contributed by atoms with Crippen molar-refractivity contribution < 1.29 is 23.8 Å². The molecule has 2 aromatic carbocycles. The number of benzene rings is 2. The van der Waals surface area contributed by atoms with Gasteiger partial charge in [-0.25, -0.2) is 4.39 Å². The lowest BCUT2D eigenvalue weighted by Gasteiger charge is -2.43. The molecule has 0 bridgehead atoms. The summed E-state index contributed by atoms with van der Waals surface area (Å²) in [5.74, 6) is -1.63. The number of ether oxygens (including phenoxy) is 1. The molecule has 0 radical (unpaired) electrons. The number of Topliss-reactive ketones (excluding diaryl/α,β-unsaturated/α-hetero) is 2. The van der Waals surface area contributed by atoms with Gasteiger partial charge in [0, 0.05) is 29.3 Å². The van der Waals surface area contributed by atoms with E-state index in [1.165, 1.54) is 26.0 Å². The Morgan fingerprint density at radius 3 is 2.26 bits per heavy atom. The zero-order valence-electron chi connectivity index (χ0n) is 18.2. The number of carbonyl (C=O) groups is 2. The summed E-state index contributed by atoms with van der Waals surface area (Å²) in [5, 5.41) is 14.5. The highest BCUT2D eigenvalue weighted by Crippen LogP contribution is 2.47. The first-order valence-electron chi connectivity index (χ1n) is 10.4. The van der Waals surface area contributed by atoms with Crippen LogP contribution in [0.3, 0.4) is 0 Å². The van der Waals surface area contributed by atoms with Crippen LogP contribution in [0.5, 0.6) is 5.75 Å². The van der Waals surface area contributed by atoms with Gasteiger partial charge in [-0.05, 0) is 69.7 Å². The van der Waals surface area contributed by atoms with Crippen LogP contribution >= 0.6 is 0 Å². The van der Waals surface area contributed by atoms with E-state index in [0.717, 1.165) is 11.4 Å². The molecule has 6 heteroatoms. The van der Waals surface area contributed by atoms with Crippen LogP contribution < -0.4 is 10.1 Å². The Morgan fingerprint density at radius 1 is 1.13 bits per heavy atom. The highest BCUT2D eigenvalue weighted by Gasteiger charge is 2.49. The van der Waals surface area contributed by atoms with Gasteiger partial charge >= 0.3 is 0 Å². The molecule has 2 N–H and O–H groups in total. The fourth-order valence-electron chi connectivity index (χ4n) is 4.50. The van der Waals surface area contributed by atoms with Crippen LogP contribution in [-0.2, 0) is 9.59 Å². The van der Waals surface area contributed by atoms with Gasteiger partial charge in [0.25, 0.3) is 0 Å². The average Bonchev–Trinajstić information content (AvgIpc) is 2.68. The standard InChI is InChI=1S/C25H28FNO4/c1-5-31-20-12-10-19(11-13-20)27-21-14-25(4,30)24(16(3)29)23(22(21)15(2)28)17-6-8-18(26)9-7-17/h6-13,23-24,27,30H,5,14H2,1-4H3/t23-,24+,25+/m0/s1. The molecule has 0 spiro atoms. The molecule has 0 saturated heterocycles. The van der Waals surface area contributed by atoms with Crippen LogP contribution in [-0.4, -0.2) is 28.9 Å². The van der Waals surface area contributed by atoms with Gasteiger partial charge in [-0.2, -0.15) is 0 Å². The van der Waals surface area contributed by atoms with Gasteiger partial charge in [-0.3, -0.25) is 9.59 Å². The van der Waals surface area contributed by atoms with E-state index in [2.05, 4.69) is 5.32 Å². The van der Waals surface area contributed by atoms with Gasteiger partial charge in [0.2, 0.25) is 0 Å². The second-order valence-corrected chi connectivity index (χ2v) is 8.18. The average molecular weight is 426 g/mol. The predicted molar refractivity (Wildman–Crippen MR) is 117 cm³/mol. The van der Waals surface area contributed by atoms with E-state index in [4.69, 9.17) is 4.74 Å². The van der Waals surface area contributed by atoms with Crippen molar-refractivity contribution in [3.05, 3.63) is 71.2 Å². The van der Waals surface area contributed by atoms with E-state index in [-0.39, 0.29) is 18.0 Å². The third-order valence-electron chi connectivity index (χ3n) is 5.68. The Labute approximate surface area is 181 Å². The van der Waals surface area contributed by atoms with Crippen LogP contribution in [0.2, 0.25) is 0 Å². The van der Waals surface area contributed by atoms with Crippen molar-refractivity contribution in [1.29, 1.82) is 0 Å². The minimum absolute atomic E-state index is 0.108. The SMILES string of the molecule is CCOc1ccc(NC2=C(C(C)=O)[C@H](c3ccc(F)cc3)[C@@H](C(C)=O)[C@](C)(O)C2)cc1. The summed E-state index contributed by atoms with van der Waals surface area (Å²) in [4.78, 5) is 25.4. The van der Waals surface area contributed by atoms with Gasteiger partial charge < -0.3 is 15.2 Å². The highest BCUT2D eigenvalue weighted by molar-refractivity contribution is 5.98. The van der Waals surface area contributed by atoms with Crippen LogP contribution in [0.1, 0.15) is 45.6 Å². The number of rotatable bonds is 7. The second kappa shape index (κ2) is 9.02. The topological polar surface area (TPSA) is 75.6 Å². The molecule has 3 rings (SSSR count). The van der Waals surface area contributed by atoms with Crippen molar-refractivity contribution in [2.45, 2.75) is 45.6 Å². The zero-order valence-corrected chi connectivity index (χ0v) is 18.2. The first kappa shape index (κ1) is 22.7. The molecule has 3 atom stereocenters. The van der Waals surface area contributed by atoms with E-state index in [1.807, 2.05) is 31.2 Å². The van der Waals surface area contributed by atoms with Gasteiger partial charge in [-0.15, -0.1) is 0 Å². The van der Waals surface area contributed by atoms with Gasteiger partial charge in [0.1, 0.15) is 17.3 Å². The fourth-order valence-corrected chi connectivity index (χ4v) is 4.50. The summed E-state index contributed by atoms with van der Waals surface area (Å²) in [6, 6.07) is 13.0. The van der Waals surface area contributed by atoms with Crippen molar-refractivity contribution in [3.8, 4) is 5.75 Å². The first-order chi connectivity index (χ1) is 14.6. The molecule has 0 fully saturated rings. The van der Waals surface area contributed by atoms with Gasteiger partial charge in [0.15, 0.2) is 5.78 Å². The number of anilines is 1. The number of aliphatic hydroxyl groups is 1. The number of hydrogen-bond acceptors (Lipinski definition) is 5. The highest BCUT2D eigenvalue weighted by atomic mass is 19.1. The fraction of sp³-hybridized carbons (Fsp3) is 0.360. The largest absolute Gasteiger partial charge is 0.494 e. The second-order valence-electron chi connectivity index (χ2n) is 8.18. The number of carbonyl (C=O) groups excluding carboxylic acids is 2. The summed E-state index contributed by atoms with van der Waals surface area (Å²) in [7, 11) is 0. The summed E-state index contributed by atoms with van der Waals surface area (Å²) < 4.78 is 19.0. The molecular weight excluding hydrogens is 397 g/mol. The first-order valence-corrected chi connectivity index (χ1v) is 10.4. The van der Waals surface area contributed by atoms with E-state index < -0.39 is 23.3 Å². The van der Waals surface area contributed by atoms with Crippen LogP contribution in [0, 0.1) is 11.7 Å². The van der Waals surface area contributed by atoms with Crippen LogP contribution in [0.25, 0.3) is 0 Å². The number of nitrogens with one attached hydrogen (secondary N) is 1. The Balaban J connectivity index is 2.12. The third kappa shape index (κ3) is 4.85. The Kier molecular flexibility index (Phi) is 6.60. The summed E-state index contributed by atoms with van der Waals surface area (Å²) in [5.41, 5.74) is 0.919. The molecule has 1 aliphatic rings. The molecule has 0 amide bonds. The number of hydrogen-bond donors (Lipinski definition) is 2. The maximum atomic E-state index is 13.6. The smallest absolute Gasteiger partial charge is 0.158 e. The maximum Gasteiger partial charge on any atom is 0.158 e. The Bertz CT molecular complexity index is 993. The third-order valence-corrected chi connectivity index (χ3v) is 5.68. The number of allylic oxidation sites excluding steroid dienone is 1. The number of halogens is 1. The maximum absolute atomic E-state index is 13.6. The van der Waals surface area contributed by atoms with Crippen LogP contribution in [0.4, 0.5) is 10.1 Å². The summed E-state index contributed by atoms with van der Waals surface area (Å²) in [6.45, 7) is 6.93. The molecule has 0 heterocycles. The lowest BCUT2D eigenvalue weighted by molar-refractivity contribution is -0.131. The van der Waals surface area contributed by atoms with Gasteiger partial charge in [-0.1, -0.05) is 12.1 Å². The van der Waals surface area contributed by atoms with Crippen molar-refractivity contribution in [3.63, 3.8) is 0 Å². The van der Waals surface area contributed by atoms with Crippen molar-refractivity contribution in [2.24, 2.45) is 5.92 Å². The quantitative estimate of drug-likeness (QED) is 0.677. The van der Waals surface area contributed by atoms with Gasteiger partial charge in [0.05, 0.1) is 18.1 Å². The number of ketones is 2. The molecule has 31 heavy (non-hydrogen) atoms. The van der Waals surface area contributed by atoms with Crippen molar-refractivity contribution in [2.75, 3.05) is 11.9 Å². The summed E-state index contributed by atoms with van der Waals surface area (Å²) >= 11 is 0. The summed E-state index contributed by atoms with van der Waals surface area (Å²) in [6.07, 6.45) is 0.108. The molecule has 0 aliphatic heterocycles. The molecule has 0 unspecified atom stereocenters. The van der Waals surface area contributed by atoms with E-state index >= 15 is 0 Å². The minimum Gasteiger partial charge on any atom is -0.494 e. The molecule has 164 valence electrons. The molecule has 5 nitrogen and oxygen atoms in total. The van der Waals surface area contributed by atoms with Crippen molar-refractivity contribution in [1.82, 2.24) is 0 Å². The molecule has 0 saturated carbocycles. The lowest BCUT2D eigenvalue weighted by atomic mass is 9.64. The Hall–Kier alpha value is -2.99. The predicted octanol–water partition coefficient (Wildman–Crippen LogP) is 4.62. The molecule has 1 aliphatic carbocycles. The minimum atomic E-state index is -1.39. The zero-order chi connectivity index (χ0) is 22.8. The normalized spacial score (nSPS) is 23.4. The monoisotopic (exact) mass is 425 g/mol. The Morgan fingerprint density at radius 2 is 1.74 bits per heavy atom.